The maximum absolute atomic E-state index is 13.6. The summed E-state index contributed by atoms with van der Waals surface area (Å²) in [6, 6.07) is 9.13. The van der Waals surface area contributed by atoms with E-state index in [0.717, 1.165) is 57.1 Å². The summed E-state index contributed by atoms with van der Waals surface area (Å²) in [7, 11) is 4.17. The van der Waals surface area contributed by atoms with Crippen LogP contribution in [-0.4, -0.2) is 35.9 Å². The van der Waals surface area contributed by atoms with Gasteiger partial charge >= 0.3 is 0 Å². The van der Waals surface area contributed by atoms with Crippen LogP contribution >= 0.6 is 0 Å². The summed E-state index contributed by atoms with van der Waals surface area (Å²) < 4.78 is 1.46. The molecule has 4 nitrogen and oxygen atoms in total. The molecule has 0 saturated heterocycles. The highest BCUT2D eigenvalue weighted by Crippen LogP contribution is 2.69. The first-order chi connectivity index (χ1) is 16.2. The first-order valence-electron chi connectivity index (χ1n) is 13.3. The fourth-order valence-electron chi connectivity index (χ4n) is 8.76. The van der Waals surface area contributed by atoms with Crippen molar-refractivity contribution in [3.8, 4) is 0 Å². The number of anilines is 1. The van der Waals surface area contributed by atoms with Crippen molar-refractivity contribution in [2.24, 2.45) is 17.3 Å². The normalized spacial score (nSPS) is 37.0. The summed E-state index contributed by atoms with van der Waals surface area (Å²) >= 11 is 0. The van der Waals surface area contributed by atoms with Gasteiger partial charge in [0.15, 0.2) is 17.0 Å². The van der Waals surface area contributed by atoms with E-state index in [-0.39, 0.29) is 11.0 Å². The summed E-state index contributed by atoms with van der Waals surface area (Å²) in [4.78, 5) is 14.4. The van der Waals surface area contributed by atoms with Crippen LogP contribution in [0.1, 0.15) is 83.1 Å². The number of nitrogens with zero attached hydrogens (tertiary/aromatic N) is 2. The van der Waals surface area contributed by atoms with Gasteiger partial charge in [0.1, 0.15) is 0 Å². The molecule has 0 bridgehead atoms. The molecule has 5 aliphatic rings. The molecule has 3 unspecified atom stereocenters. The van der Waals surface area contributed by atoms with Gasteiger partial charge in [-0.25, -0.2) is 4.74 Å². The lowest BCUT2D eigenvalue weighted by Gasteiger charge is -2.54. The Morgan fingerprint density at radius 3 is 2.47 bits per heavy atom. The van der Waals surface area contributed by atoms with Gasteiger partial charge in [-0.05, 0) is 78.9 Å². The number of carbonyl (C=O) groups excluding carboxylic acids is 1. The van der Waals surface area contributed by atoms with Gasteiger partial charge in [0, 0.05) is 63.7 Å². The van der Waals surface area contributed by atoms with Crippen LogP contribution in [0.5, 0.6) is 0 Å². The first-order valence-corrected chi connectivity index (χ1v) is 13.3. The molecule has 0 radical (unpaired) electrons. The van der Waals surface area contributed by atoms with Gasteiger partial charge in [0.25, 0.3) is 0 Å². The van der Waals surface area contributed by atoms with Crippen LogP contribution in [0.3, 0.4) is 0 Å². The highest BCUT2D eigenvalue weighted by atomic mass is 16.5. The molecule has 0 amide bonds. The van der Waals surface area contributed by atoms with Gasteiger partial charge in [-0.1, -0.05) is 24.6 Å². The van der Waals surface area contributed by atoms with Crippen molar-refractivity contribution < 1.29 is 9.53 Å². The smallest absolute Gasteiger partial charge is 0.178 e. The fourth-order valence-corrected chi connectivity index (χ4v) is 8.76. The predicted molar refractivity (Wildman–Crippen MR) is 137 cm³/mol. The van der Waals surface area contributed by atoms with Crippen molar-refractivity contribution >= 4 is 17.2 Å². The average molecular weight is 459 g/mol. The van der Waals surface area contributed by atoms with E-state index in [0.29, 0.717) is 30.0 Å². The monoisotopic (exact) mass is 458 g/mol. The number of ketones is 1. The lowest BCUT2D eigenvalue weighted by atomic mass is 9.50. The third kappa shape index (κ3) is 2.90. The molecule has 34 heavy (non-hydrogen) atoms. The largest absolute Gasteiger partial charge is 0.623 e. The summed E-state index contributed by atoms with van der Waals surface area (Å²) in [5.41, 5.74) is 7.83. The van der Waals surface area contributed by atoms with Crippen LogP contribution in [-0.2, 0) is 4.79 Å². The number of rotatable bonds is 2. The van der Waals surface area contributed by atoms with Crippen molar-refractivity contribution in [3.63, 3.8) is 0 Å². The summed E-state index contributed by atoms with van der Waals surface area (Å²) in [5, 5.41) is 13.6. The molecule has 180 valence electrons. The Kier molecular flexibility index (Phi) is 4.92. The first kappa shape index (κ1) is 22.1. The molecule has 2 saturated carbocycles. The van der Waals surface area contributed by atoms with Crippen LogP contribution in [0.25, 0.3) is 0 Å². The van der Waals surface area contributed by atoms with Crippen molar-refractivity contribution in [1.29, 1.82) is 0 Å². The molecule has 1 aromatic rings. The van der Waals surface area contributed by atoms with E-state index in [1.807, 2.05) is 13.0 Å². The van der Waals surface area contributed by atoms with Crippen molar-refractivity contribution in [3.05, 3.63) is 57.8 Å². The Balaban J connectivity index is 1.52. The van der Waals surface area contributed by atoms with Crippen LogP contribution in [0.15, 0.2) is 47.1 Å². The summed E-state index contributed by atoms with van der Waals surface area (Å²) in [6.07, 6.45) is 10.8. The third-order valence-electron chi connectivity index (χ3n) is 10.5. The number of allylic oxidation sites excluding steroid dienone is 4. The molecule has 5 atom stereocenters. The molecule has 2 fully saturated rings. The molecule has 0 N–H and O–H groups in total. The van der Waals surface area contributed by atoms with E-state index in [9.17, 15) is 10.0 Å². The molecule has 1 heterocycles. The Morgan fingerprint density at radius 2 is 1.79 bits per heavy atom. The van der Waals surface area contributed by atoms with Crippen molar-refractivity contribution in [2.45, 2.75) is 83.1 Å². The zero-order valence-electron chi connectivity index (χ0n) is 21.2. The fraction of sp³-hybridized carbons (Fsp3) is 0.600. The minimum Gasteiger partial charge on any atom is -0.623 e. The Hall–Kier alpha value is -2.36. The minimum absolute atomic E-state index is 0.0117. The SMILES string of the molecule is CC1=[N+]([O-])C2(CC1)CCC1C3CCC4=CC(=O)CCC4=C3[C@@H](c3ccc(N(C)C)cc3)C[C@@]12C. The quantitative estimate of drug-likeness (QED) is 0.394. The number of benzene rings is 1. The molecule has 4 heteroatoms. The van der Waals surface area contributed by atoms with E-state index in [4.69, 9.17) is 0 Å². The third-order valence-corrected chi connectivity index (χ3v) is 10.5. The molecule has 6 rings (SSSR count). The topological polar surface area (TPSA) is 46.4 Å². The molecule has 1 spiro atoms. The lowest BCUT2D eigenvalue weighted by Crippen LogP contribution is -2.54. The average Bonchev–Trinajstić information content (AvgIpc) is 3.29. The second kappa shape index (κ2) is 7.57. The van der Waals surface area contributed by atoms with Crippen molar-refractivity contribution in [2.75, 3.05) is 19.0 Å². The van der Waals surface area contributed by atoms with E-state index in [2.05, 4.69) is 50.2 Å². The number of hydroxylamine groups is 1. The van der Waals surface area contributed by atoms with Gasteiger partial charge in [0.05, 0.1) is 0 Å². The van der Waals surface area contributed by atoms with Gasteiger partial charge in [-0.3, -0.25) is 4.79 Å². The van der Waals surface area contributed by atoms with Crippen LogP contribution < -0.4 is 4.90 Å². The summed E-state index contributed by atoms with van der Waals surface area (Å²) in [5.74, 6) is 1.72. The van der Waals surface area contributed by atoms with Crippen LogP contribution in [0, 0.1) is 22.5 Å². The second-order valence-electron chi connectivity index (χ2n) is 12.1. The van der Waals surface area contributed by atoms with Gasteiger partial charge in [0.2, 0.25) is 0 Å². The molecule has 4 aliphatic carbocycles. The van der Waals surface area contributed by atoms with E-state index in [1.165, 1.54) is 27.1 Å². The maximum atomic E-state index is 13.6. The molecule has 0 aromatic heterocycles. The maximum Gasteiger partial charge on any atom is 0.178 e. The highest BCUT2D eigenvalue weighted by Gasteiger charge is 2.69. The Bertz CT molecular complexity index is 1140. The van der Waals surface area contributed by atoms with Gasteiger partial charge in [-0.2, -0.15) is 0 Å². The molecular weight excluding hydrogens is 420 g/mol. The van der Waals surface area contributed by atoms with E-state index in [1.54, 1.807) is 5.57 Å². The Labute approximate surface area is 204 Å². The van der Waals surface area contributed by atoms with Gasteiger partial charge in [-0.15, -0.1) is 0 Å². The number of hydrogen-bond donors (Lipinski definition) is 0. The van der Waals surface area contributed by atoms with E-state index >= 15 is 0 Å². The highest BCUT2D eigenvalue weighted by molar-refractivity contribution is 5.93. The molecule has 1 aromatic carbocycles. The van der Waals surface area contributed by atoms with Gasteiger partial charge < -0.3 is 10.1 Å². The second-order valence-corrected chi connectivity index (χ2v) is 12.1. The van der Waals surface area contributed by atoms with E-state index < -0.39 is 0 Å². The molecule has 1 aliphatic heterocycles. The Morgan fingerprint density at radius 1 is 1.03 bits per heavy atom. The molecular formula is C30H38N2O2. The number of hydrogen-bond acceptors (Lipinski definition) is 3. The standard InChI is InChI=1S/C30H38N2O2/c1-19-13-15-30(32(19)34)16-14-27-25-11-7-21-17-23(33)10-12-24(21)28(25)26(18-29(27,30)2)20-5-8-22(9-6-20)31(3)4/h5-6,8-9,17,25-27H,7,10-16,18H2,1-4H3/t25?,26-,27?,29+,30?/m1/s1. The van der Waals surface area contributed by atoms with Crippen LogP contribution in [0.2, 0.25) is 0 Å². The van der Waals surface area contributed by atoms with Crippen molar-refractivity contribution in [1.82, 2.24) is 0 Å². The summed E-state index contributed by atoms with van der Waals surface area (Å²) in [6.45, 7) is 4.51. The zero-order chi connectivity index (χ0) is 23.8. The predicted octanol–water partition coefficient (Wildman–Crippen LogP) is 6.16. The number of fused-ring (bicyclic) bond motifs is 5. The zero-order valence-corrected chi connectivity index (χ0v) is 21.2. The number of carbonyl (C=O) groups is 1. The van der Waals surface area contributed by atoms with Crippen LogP contribution in [0.4, 0.5) is 5.69 Å². The minimum atomic E-state index is -0.238. The lowest BCUT2D eigenvalue weighted by molar-refractivity contribution is -0.563.